The molecule has 3 nitrogen and oxygen atoms in total. The molecular formula is C8H12ClN3. The van der Waals surface area contributed by atoms with Crippen LogP contribution in [0.25, 0.3) is 0 Å². The third-order valence-corrected chi connectivity index (χ3v) is 1.94. The SMILES string of the molecule is CCC(C)Nc1ncncc1Cl. The van der Waals surface area contributed by atoms with E-state index in [1.807, 2.05) is 0 Å². The van der Waals surface area contributed by atoms with Crippen LogP contribution in [0.3, 0.4) is 0 Å². The van der Waals surface area contributed by atoms with Crippen molar-refractivity contribution in [1.82, 2.24) is 9.97 Å². The van der Waals surface area contributed by atoms with Gasteiger partial charge < -0.3 is 5.32 Å². The highest BCUT2D eigenvalue weighted by molar-refractivity contribution is 6.32. The molecule has 1 aromatic rings. The first kappa shape index (κ1) is 9.26. The summed E-state index contributed by atoms with van der Waals surface area (Å²) in [6, 6.07) is 0.386. The lowest BCUT2D eigenvalue weighted by atomic mass is 10.2. The quantitative estimate of drug-likeness (QED) is 0.786. The molecule has 0 aliphatic rings. The van der Waals surface area contributed by atoms with Gasteiger partial charge in [-0.05, 0) is 13.3 Å². The summed E-state index contributed by atoms with van der Waals surface area (Å²) in [6.45, 7) is 4.19. The summed E-state index contributed by atoms with van der Waals surface area (Å²) in [5, 5.41) is 3.74. The van der Waals surface area contributed by atoms with Crippen LogP contribution in [-0.4, -0.2) is 16.0 Å². The Hall–Kier alpha value is -0.830. The molecule has 1 rings (SSSR count). The second-order valence-corrected chi connectivity index (χ2v) is 3.08. The van der Waals surface area contributed by atoms with Crippen molar-refractivity contribution in [3.63, 3.8) is 0 Å². The third-order valence-electron chi connectivity index (χ3n) is 1.66. The molecule has 0 bridgehead atoms. The Labute approximate surface area is 77.2 Å². The van der Waals surface area contributed by atoms with E-state index in [0.29, 0.717) is 16.9 Å². The van der Waals surface area contributed by atoms with E-state index in [1.54, 1.807) is 6.20 Å². The van der Waals surface area contributed by atoms with E-state index >= 15 is 0 Å². The Kier molecular flexibility index (Phi) is 3.29. The molecule has 0 aliphatic carbocycles. The summed E-state index contributed by atoms with van der Waals surface area (Å²) in [7, 11) is 0. The van der Waals surface area contributed by atoms with E-state index in [0.717, 1.165) is 6.42 Å². The molecule has 0 aliphatic heterocycles. The monoisotopic (exact) mass is 185 g/mol. The number of aromatic nitrogens is 2. The highest BCUT2D eigenvalue weighted by Gasteiger charge is 2.03. The van der Waals surface area contributed by atoms with Crippen LogP contribution < -0.4 is 5.32 Å². The normalized spacial score (nSPS) is 12.6. The van der Waals surface area contributed by atoms with Gasteiger partial charge in [0.25, 0.3) is 0 Å². The van der Waals surface area contributed by atoms with Gasteiger partial charge in [-0.1, -0.05) is 18.5 Å². The Balaban J connectivity index is 2.69. The van der Waals surface area contributed by atoms with Gasteiger partial charge >= 0.3 is 0 Å². The van der Waals surface area contributed by atoms with E-state index in [4.69, 9.17) is 11.6 Å². The van der Waals surface area contributed by atoms with Crippen molar-refractivity contribution in [3.05, 3.63) is 17.5 Å². The maximum absolute atomic E-state index is 5.84. The predicted octanol–water partition coefficient (Wildman–Crippen LogP) is 2.34. The van der Waals surface area contributed by atoms with Crippen molar-refractivity contribution in [1.29, 1.82) is 0 Å². The summed E-state index contributed by atoms with van der Waals surface area (Å²) in [5.41, 5.74) is 0. The average molecular weight is 186 g/mol. The van der Waals surface area contributed by atoms with Crippen molar-refractivity contribution in [3.8, 4) is 0 Å². The first-order valence-corrected chi connectivity index (χ1v) is 4.34. The van der Waals surface area contributed by atoms with Gasteiger partial charge in [-0.2, -0.15) is 0 Å². The first-order valence-electron chi connectivity index (χ1n) is 3.96. The fourth-order valence-corrected chi connectivity index (χ4v) is 0.914. The van der Waals surface area contributed by atoms with Gasteiger partial charge in [-0.25, -0.2) is 9.97 Å². The number of nitrogens with one attached hydrogen (secondary N) is 1. The predicted molar refractivity (Wildman–Crippen MR) is 50.4 cm³/mol. The maximum atomic E-state index is 5.84. The molecule has 0 radical (unpaired) electrons. The molecule has 66 valence electrons. The van der Waals surface area contributed by atoms with Gasteiger partial charge in [0.15, 0.2) is 0 Å². The molecule has 0 spiro atoms. The molecule has 0 amide bonds. The highest BCUT2D eigenvalue weighted by atomic mass is 35.5. The zero-order valence-corrected chi connectivity index (χ0v) is 7.97. The number of halogens is 1. The van der Waals surface area contributed by atoms with Crippen LogP contribution in [-0.2, 0) is 0 Å². The topological polar surface area (TPSA) is 37.8 Å². The number of hydrogen-bond acceptors (Lipinski definition) is 3. The van der Waals surface area contributed by atoms with Crippen molar-refractivity contribution >= 4 is 17.4 Å². The molecule has 4 heteroatoms. The molecule has 1 heterocycles. The molecule has 0 saturated carbocycles. The zero-order chi connectivity index (χ0) is 8.97. The standard InChI is InChI=1S/C8H12ClN3/c1-3-6(2)12-8-7(9)4-10-5-11-8/h4-6H,3H2,1-2H3,(H,10,11,12). The highest BCUT2D eigenvalue weighted by Crippen LogP contribution is 2.17. The largest absolute Gasteiger partial charge is 0.366 e. The van der Waals surface area contributed by atoms with Crippen molar-refractivity contribution in [2.45, 2.75) is 26.3 Å². The molecule has 1 atom stereocenters. The molecule has 1 unspecified atom stereocenters. The fourth-order valence-electron chi connectivity index (χ4n) is 0.754. The van der Waals surface area contributed by atoms with Gasteiger partial charge in [0.2, 0.25) is 0 Å². The fraction of sp³-hybridized carbons (Fsp3) is 0.500. The van der Waals surface area contributed by atoms with Crippen LogP contribution in [0.5, 0.6) is 0 Å². The van der Waals surface area contributed by atoms with Gasteiger partial charge in [-0.3, -0.25) is 0 Å². The molecule has 1 N–H and O–H groups in total. The van der Waals surface area contributed by atoms with E-state index in [9.17, 15) is 0 Å². The third kappa shape index (κ3) is 2.34. The van der Waals surface area contributed by atoms with E-state index in [1.165, 1.54) is 6.33 Å². The van der Waals surface area contributed by atoms with E-state index < -0.39 is 0 Å². The number of anilines is 1. The zero-order valence-electron chi connectivity index (χ0n) is 7.21. The summed E-state index contributed by atoms with van der Waals surface area (Å²) >= 11 is 5.84. The average Bonchev–Trinajstić information content (AvgIpc) is 2.09. The Morgan fingerprint density at radius 3 is 3.00 bits per heavy atom. The number of hydrogen-bond donors (Lipinski definition) is 1. The number of rotatable bonds is 3. The van der Waals surface area contributed by atoms with Crippen molar-refractivity contribution in [2.75, 3.05) is 5.32 Å². The lowest BCUT2D eigenvalue weighted by molar-refractivity contribution is 0.758. The summed E-state index contributed by atoms with van der Waals surface area (Å²) in [6.07, 6.45) is 4.11. The minimum absolute atomic E-state index is 0.386. The number of nitrogens with zero attached hydrogens (tertiary/aromatic N) is 2. The summed E-state index contributed by atoms with van der Waals surface area (Å²) < 4.78 is 0. The van der Waals surface area contributed by atoms with Gasteiger partial charge in [0.1, 0.15) is 17.2 Å². The van der Waals surface area contributed by atoms with Crippen LogP contribution in [0.15, 0.2) is 12.5 Å². The second-order valence-electron chi connectivity index (χ2n) is 2.67. The van der Waals surface area contributed by atoms with Gasteiger partial charge in [0, 0.05) is 6.04 Å². The Bertz CT molecular complexity index is 252. The summed E-state index contributed by atoms with van der Waals surface area (Å²) in [5.74, 6) is 0.709. The Morgan fingerprint density at radius 2 is 2.42 bits per heavy atom. The lowest BCUT2D eigenvalue weighted by Crippen LogP contribution is -2.14. The van der Waals surface area contributed by atoms with Crippen LogP contribution in [0.2, 0.25) is 5.02 Å². The van der Waals surface area contributed by atoms with Crippen LogP contribution >= 0.6 is 11.6 Å². The lowest BCUT2D eigenvalue weighted by Gasteiger charge is -2.12. The van der Waals surface area contributed by atoms with Gasteiger partial charge in [0.05, 0.1) is 6.20 Å². The molecule has 0 fully saturated rings. The minimum atomic E-state index is 0.386. The van der Waals surface area contributed by atoms with Crippen molar-refractivity contribution < 1.29 is 0 Å². The van der Waals surface area contributed by atoms with E-state index in [2.05, 4.69) is 29.1 Å². The Morgan fingerprint density at radius 1 is 1.67 bits per heavy atom. The molecule has 0 aromatic carbocycles. The first-order chi connectivity index (χ1) is 5.74. The van der Waals surface area contributed by atoms with Crippen LogP contribution in [0, 0.1) is 0 Å². The molecule has 1 aromatic heterocycles. The van der Waals surface area contributed by atoms with Gasteiger partial charge in [-0.15, -0.1) is 0 Å². The smallest absolute Gasteiger partial charge is 0.148 e. The second kappa shape index (κ2) is 4.26. The summed E-state index contributed by atoms with van der Waals surface area (Å²) in [4.78, 5) is 7.81. The molecular weight excluding hydrogens is 174 g/mol. The van der Waals surface area contributed by atoms with Crippen LogP contribution in [0.1, 0.15) is 20.3 Å². The molecule has 12 heavy (non-hydrogen) atoms. The van der Waals surface area contributed by atoms with Crippen molar-refractivity contribution in [2.24, 2.45) is 0 Å². The molecule has 0 saturated heterocycles. The van der Waals surface area contributed by atoms with Crippen LogP contribution in [0.4, 0.5) is 5.82 Å². The minimum Gasteiger partial charge on any atom is -0.366 e. The van der Waals surface area contributed by atoms with E-state index in [-0.39, 0.29) is 0 Å². The maximum Gasteiger partial charge on any atom is 0.148 e.